The van der Waals surface area contributed by atoms with Gasteiger partial charge in [-0.2, -0.15) is 13.2 Å². The number of rotatable bonds is 3. The Morgan fingerprint density at radius 1 is 1.04 bits per heavy atom. The van der Waals surface area contributed by atoms with Crippen LogP contribution in [0.2, 0.25) is 0 Å². The lowest BCUT2D eigenvalue weighted by Crippen LogP contribution is -2.18. The summed E-state index contributed by atoms with van der Waals surface area (Å²) in [5, 5.41) is 0. The third kappa shape index (κ3) is 3.50. The summed E-state index contributed by atoms with van der Waals surface area (Å²) < 4.78 is 43.9. The molecular weight excluding hydrogens is 303 g/mol. The van der Waals surface area contributed by atoms with Gasteiger partial charge in [0, 0.05) is 6.04 Å². The molecule has 2 nitrogen and oxygen atoms in total. The molecule has 1 aliphatic rings. The van der Waals surface area contributed by atoms with Crippen molar-refractivity contribution in [2.45, 2.75) is 31.5 Å². The second-order valence-corrected chi connectivity index (χ2v) is 6.02. The van der Waals surface area contributed by atoms with Crippen LogP contribution in [0.5, 0.6) is 5.75 Å². The van der Waals surface area contributed by atoms with Gasteiger partial charge in [-0.15, -0.1) is 0 Å². The van der Waals surface area contributed by atoms with E-state index in [0.29, 0.717) is 12.0 Å². The molecule has 3 rings (SSSR count). The summed E-state index contributed by atoms with van der Waals surface area (Å²) >= 11 is 0. The van der Waals surface area contributed by atoms with Crippen LogP contribution in [0.1, 0.15) is 27.8 Å². The van der Waals surface area contributed by atoms with E-state index in [-0.39, 0.29) is 11.8 Å². The standard InChI is InChI=1S/C18H18F3NO/c1-23-17-7-12(6-15(10-17)18(19,20)21)4-11-2-3-13-8-16(22)9-14(13)5-11/h2-3,5-7,10,16H,4,8-9,22H2,1H3. The quantitative estimate of drug-likeness (QED) is 0.935. The molecule has 0 aliphatic heterocycles. The average molecular weight is 321 g/mol. The van der Waals surface area contributed by atoms with E-state index < -0.39 is 11.7 Å². The second kappa shape index (κ2) is 5.89. The van der Waals surface area contributed by atoms with Crippen LogP contribution in [0.15, 0.2) is 36.4 Å². The van der Waals surface area contributed by atoms with Gasteiger partial charge in [-0.1, -0.05) is 18.2 Å². The minimum atomic E-state index is -4.38. The van der Waals surface area contributed by atoms with Crippen LogP contribution in [0.4, 0.5) is 13.2 Å². The number of ether oxygens (including phenoxy) is 1. The molecule has 0 radical (unpaired) electrons. The summed E-state index contributed by atoms with van der Waals surface area (Å²) in [6.45, 7) is 0. The number of hydrogen-bond acceptors (Lipinski definition) is 2. The number of fused-ring (bicyclic) bond motifs is 1. The first-order valence-electron chi connectivity index (χ1n) is 7.46. The third-order valence-electron chi connectivity index (χ3n) is 4.17. The molecule has 5 heteroatoms. The highest BCUT2D eigenvalue weighted by Crippen LogP contribution is 2.33. The van der Waals surface area contributed by atoms with E-state index >= 15 is 0 Å². The molecule has 0 fully saturated rings. The van der Waals surface area contributed by atoms with Gasteiger partial charge < -0.3 is 10.5 Å². The first kappa shape index (κ1) is 15.9. The lowest BCUT2D eigenvalue weighted by molar-refractivity contribution is -0.137. The molecular formula is C18H18F3NO. The molecule has 1 atom stereocenters. The van der Waals surface area contributed by atoms with Gasteiger partial charge in [-0.25, -0.2) is 0 Å². The van der Waals surface area contributed by atoms with Crippen LogP contribution in [0, 0.1) is 0 Å². The van der Waals surface area contributed by atoms with Crippen molar-refractivity contribution in [2.24, 2.45) is 5.73 Å². The van der Waals surface area contributed by atoms with Crippen LogP contribution >= 0.6 is 0 Å². The monoisotopic (exact) mass is 321 g/mol. The van der Waals surface area contributed by atoms with E-state index in [1.54, 1.807) is 6.07 Å². The SMILES string of the molecule is COc1cc(Cc2ccc3c(c2)CC(N)C3)cc(C(F)(F)F)c1. The molecule has 0 bridgehead atoms. The lowest BCUT2D eigenvalue weighted by atomic mass is 9.99. The van der Waals surface area contributed by atoms with Crippen molar-refractivity contribution in [1.29, 1.82) is 0 Å². The van der Waals surface area contributed by atoms with Crippen LogP contribution in [0.25, 0.3) is 0 Å². The Bertz CT molecular complexity index is 725. The van der Waals surface area contributed by atoms with Gasteiger partial charge in [0.15, 0.2) is 0 Å². The van der Waals surface area contributed by atoms with E-state index in [1.165, 1.54) is 24.3 Å². The fourth-order valence-electron chi connectivity index (χ4n) is 3.10. The Morgan fingerprint density at radius 3 is 2.48 bits per heavy atom. The molecule has 1 unspecified atom stereocenters. The number of alkyl halides is 3. The van der Waals surface area contributed by atoms with Crippen molar-refractivity contribution in [2.75, 3.05) is 7.11 Å². The highest BCUT2D eigenvalue weighted by atomic mass is 19.4. The third-order valence-corrected chi connectivity index (χ3v) is 4.17. The summed E-state index contributed by atoms with van der Waals surface area (Å²) in [6, 6.07) is 10.0. The molecule has 2 aromatic carbocycles. The molecule has 1 aliphatic carbocycles. The Morgan fingerprint density at radius 2 is 1.78 bits per heavy atom. The fourth-order valence-corrected chi connectivity index (χ4v) is 3.10. The smallest absolute Gasteiger partial charge is 0.416 e. The number of methoxy groups -OCH3 is 1. The van der Waals surface area contributed by atoms with Crippen LogP contribution < -0.4 is 10.5 Å². The largest absolute Gasteiger partial charge is 0.497 e. The molecule has 0 spiro atoms. The van der Waals surface area contributed by atoms with Gasteiger partial charge in [0.2, 0.25) is 0 Å². The van der Waals surface area contributed by atoms with E-state index in [4.69, 9.17) is 10.5 Å². The molecule has 0 heterocycles. The van der Waals surface area contributed by atoms with Crippen molar-refractivity contribution in [3.8, 4) is 5.75 Å². The zero-order chi connectivity index (χ0) is 16.6. The van der Waals surface area contributed by atoms with Crippen molar-refractivity contribution in [3.63, 3.8) is 0 Å². The maximum atomic E-state index is 13.0. The summed E-state index contributed by atoms with van der Waals surface area (Å²) in [6.07, 6.45) is -2.25. The summed E-state index contributed by atoms with van der Waals surface area (Å²) in [5.41, 5.74) is 9.28. The number of benzene rings is 2. The Balaban J connectivity index is 1.90. The zero-order valence-corrected chi connectivity index (χ0v) is 12.8. The summed E-state index contributed by atoms with van der Waals surface area (Å²) in [5.74, 6) is 0.220. The summed E-state index contributed by atoms with van der Waals surface area (Å²) in [4.78, 5) is 0. The van der Waals surface area contributed by atoms with Crippen molar-refractivity contribution >= 4 is 0 Å². The molecule has 122 valence electrons. The molecule has 0 aromatic heterocycles. The van der Waals surface area contributed by atoms with Crippen LogP contribution in [-0.2, 0) is 25.4 Å². The zero-order valence-electron chi connectivity index (χ0n) is 12.8. The van der Waals surface area contributed by atoms with E-state index in [9.17, 15) is 13.2 Å². The highest BCUT2D eigenvalue weighted by Gasteiger charge is 2.31. The normalized spacial score (nSPS) is 17.2. The second-order valence-electron chi connectivity index (χ2n) is 6.02. The van der Waals surface area contributed by atoms with E-state index in [2.05, 4.69) is 6.07 Å². The van der Waals surface area contributed by atoms with Gasteiger partial charge in [-0.3, -0.25) is 0 Å². The molecule has 2 aromatic rings. The van der Waals surface area contributed by atoms with Gasteiger partial charge >= 0.3 is 6.18 Å². The first-order chi connectivity index (χ1) is 10.8. The van der Waals surface area contributed by atoms with Crippen molar-refractivity contribution in [3.05, 3.63) is 64.2 Å². The fraction of sp³-hybridized carbons (Fsp3) is 0.333. The predicted octanol–water partition coefficient (Wildman–Crippen LogP) is 3.73. The first-order valence-corrected chi connectivity index (χ1v) is 7.46. The van der Waals surface area contributed by atoms with Gasteiger partial charge in [-0.05, 0) is 59.7 Å². The Kier molecular flexibility index (Phi) is 4.06. The lowest BCUT2D eigenvalue weighted by Gasteiger charge is -2.12. The van der Waals surface area contributed by atoms with Crippen molar-refractivity contribution < 1.29 is 17.9 Å². The van der Waals surface area contributed by atoms with Crippen LogP contribution in [-0.4, -0.2) is 13.2 Å². The average Bonchev–Trinajstić information content (AvgIpc) is 2.85. The number of halogens is 3. The predicted molar refractivity (Wildman–Crippen MR) is 82.6 cm³/mol. The van der Waals surface area contributed by atoms with E-state index in [1.807, 2.05) is 12.1 Å². The summed E-state index contributed by atoms with van der Waals surface area (Å²) in [7, 11) is 1.37. The number of nitrogens with two attached hydrogens (primary N) is 1. The van der Waals surface area contributed by atoms with Crippen molar-refractivity contribution in [1.82, 2.24) is 0 Å². The molecule has 23 heavy (non-hydrogen) atoms. The number of hydrogen-bond donors (Lipinski definition) is 1. The maximum absolute atomic E-state index is 13.0. The van der Waals surface area contributed by atoms with E-state index in [0.717, 1.165) is 24.5 Å². The molecule has 0 saturated carbocycles. The maximum Gasteiger partial charge on any atom is 0.416 e. The Hall–Kier alpha value is -2.01. The molecule has 2 N–H and O–H groups in total. The van der Waals surface area contributed by atoms with Gasteiger partial charge in [0.25, 0.3) is 0 Å². The molecule has 0 amide bonds. The van der Waals surface area contributed by atoms with Gasteiger partial charge in [0.1, 0.15) is 5.75 Å². The minimum Gasteiger partial charge on any atom is -0.497 e. The van der Waals surface area contributed by atoms with Crippen LogP contribution in [0.3, 0.4) is 0 Å². The minimum absolute atomic E-state index is 0.147. The topological polar surface area (TPSA) is 35.2 Å². The molecule has 0 saturated heterocycles. The highest BCUT2D eigenvalue weighted by molar-refractivity contribution is 5.42. The Labute approximate surface area is 133 Å². The van der Waals surface area contributed by atoms with Gasteiger partial charge in [0.05, 0.1) is 12.7 Å².